The zero-order valence-electron chi connectivity index (χ0n) is 8.68. The first kappa shape index (κ1) is 10.5. The fourth-order valence-corrected chi connectivity index (χ4v) is 2.21. The molecule has 1 fully saturated rings. The van der Waals surface area contributed by atoms with Gasteiger partial charge in [0.1, 0.15) is 0 Å². The van der Waals surface area contributed by atoms with Crippen molar-refractivity contribution in [1.82, 2.24) is 4.90 Å². The molecule has 0 saturated heterocycles. The molecule has 0 atom stereocenters. The predicted molar refractivity (Wildman–Crippen MR) is 53.3 cm³/mol. The maximum Gasteiger partial charge on any atom is 0.229 e. The zero-order chi connectivity index (χ0) is 9.90. The summed E-state index contributed by atoms with van der Waals surface area (Å²) in [7, 11) is 3.63. The number of carbonyl (C=O) groups is 1. The van der Waals surface area contributed by atoms with Crippen LogP contribution < -0.4 is 5.73 Å². The van der Waals surface area contributed by atoms with Crippen LogP contribution in [-0.4, -0.2) is 31.4 Å². The van der Waals surface area contributed by atoms with Crippen LogP contribution in [0.5, 0.6) is 0 Å². The third-order valence-corrected chi connectivity index (χ3v) is 3.06. The standard InChI is InChI=1S/C10H20N2O/c1-12(2)9(13)10(8-11)6-4-3-5-7-10/h3-8,11H2,1-2H3. The monoisotopic (exact) mass is 184 g/mol. The SMILES string of the molecule is CN(C)C(=O)C1(CN)CCCCC1. The van der Waals surface area contributed by atoms with Gasteiger partial charge in [-0.2, -0.15) is 0 Å². The Labute approximate surface area is 80.3 Å². The summed E-state index contributed by atoms with van der Waals surface area (Å²) in [6.45, 7) is 0.504. The van der Waals surface area contributed by atoms with Crippen LogP contribution in [0.3, 0.4) is 0 Å². The quantitative estimate of drug-likeness (QED) is 0.695. The lowest BCUT2D eigenvalue weighted by Crippen LogP contribution is -2.46. The Morgan fingerprint density at radius 2 is 1.85 bits per heavy atom. The summed E-state index contributed by atoms with van der Waals surface area (Å²) in [5, 5.41) is 0. The van der Waals surface area contributed by atoms with Crippen LogP contribution in [0.4, 0.5) is 0 Å². The lowest BCUT2D eigenvalue weighted by Gasteiger charge is -2.36. The van der Waals surface area contributed by atoms with Crippen molar-refractivity contribution in [2.75, 3.05) is 20.6 Å². The lowest BCUT2D eigenvalue weighted by atomic mass is 9.73. The number of amides is 1. The van der Waals surface area contributed by atoms with Crippen molar-refractivity contribution in [1.29, 1.82) is 0 Å². The zero-order valence-corrected chi connectivity index (χ0v) is 8.68. The van der Waals surface area contributed by atoms with E-state index in [1.807, 2.05) is 14.1 Å². The van der Waals surface area contributed by atoms with Crippen molar-refractivity contribution >= 4 is 5.91 Å². The van der Waals surface area contributed by atoms with Crippen molar-refractivity contribution in [3.05, 3.63) is 0 Å². The average molecular weight is 184 g/mol. The molecule has 3 heteroatoms. The van der Waals surface area contributed by atoms with Gasteiger partial charge in [-0.05, 0) is 12.8 Å². The molecule has 1 saturated carbocycles. The highest BCUT2D eigenvalue weighted by Crippen LogP contribution is 2.36. The molecule has 0 bridgehead atoms. The van der Waals surface area contributed by atoms with Gasteiger partial charge in [0, 0.05) is 20.6 Å². The molecule has 0 aromatic carbocycles. The van der Waals surface area contributed by atoms with Gasteiger partial charge in [0.15, 0.2) is 0 Å². The Balaban J connectivity index is 2.72. The van der Waals surface area contributed by atoms with E-state index in [9.17, 15) is 4.79 Å². The highest BCUT2D eigenvalue weighted by Gasteiger charge is 2.38. The maximum atomic E-state index is 11.9. The first-order chi connectivity index (χ1) is 6.12. The van der Waals surface area contributed by atoms with E-state index >= 15 is 0 Å². The molecule has 0 heterocycles. The number of rotatable bonds is 2. The van der Waals surface area contributed by atoms with Crippen LogP contribution in [0, 0.1) is 5.41 Å². The Bertz CT molecular complexity index is 183. The molecule has 0 radical (unpaired) electrons. The second-order valence-corrected chi connectivity index (χ2v) is 4.24. The van der Waals surface area contributed by atoms with Crippen molar-refractivity contribution < 1.29 is 4.79 Å². The van der Waals surface area contributed by atoms with Gasteiger partial charge in [0.2, 0.25) is 5.91 Å². The van der Waals surface area contributed by atoms with Crippen molar-refractivity contribution in [2.24, 2.45) is 11.1 Å². The third kappa shape index (κ3) is 2.02. The van der Waals surface area contributed by atoms with Gasteiger partial charge in [-0.15, -0.1) is 0 Å². The average Bonchev–Trinajstić information content (AvgIpc) is 2.17. The van der Waals surface area contributed by atoms with E-state index in [-0.39, 0.29) is 11.3 Å². The van der Waals surface area contributed by atoms with E-state index in [0.29, 0.717) is 6.54 Å². The third-order valence-electron chi connectivity index (χ3n) is 3.06. The molecule has 0 aliphatic heterocycles. The molecular formula is C10H20N2O. The Hall–Kier alpha value is -0.570. The van der Waals surface area contributed by atoms with Crippen LogP contribution in [0.15, 0.2) is 0 Å². The molecule has 0 aromatic rings. The summed E-state index contributed by atoms with van der Waals surface area (Å²) < 4.78 is 0. The number of nitrogens with zero attached hydrogens (tertiary/aromatic N) is 1. The normalized spacial score (nSPS) is 21.2. The van der Waals surface area contributed by atoms with Gasteiger partial charge in [0.05, 0.1) is 5.41 Å². The predicted octanol–water partition coefficient (Wildman–Crippen LogP) is 0.984. The molecular weight excluding hydrogens is 164 g/mol. The summed E-state index contributed by atoms with van der Waals surface area (Å²) in [4.78, 5) is 13.6. The number of nitrogens with two attached hydrogens (primary N) is 1. The minimum Gasteiger partial charge on any atom is -0.348 e. The van der Waals surface area contributed by atoms with E-state index in [2.05, 4.69) is 0 Å². The first-order valence-electron chi connectivity index (χ1n) is 5.04. The second kappa shape index (κ2) is 4.09. The van der Waals surface area contributed by atoms with Crippen LogP contribution in [-0.2, 0) is 4.79 Å². The van der Waals surface area contributed by atoms with Crippen molar-refractivity contribution in [3.8, 4) is 0 Å². The summed E-state index contributed by atoms with van der Waals surface area (Å²) in [5.74, 6) is 0.217. The van der Waals surface area contributed by atoms with Crippen LogP contribution in [0.1, 0.15) is 32.1 Å². The molecule has 76 valence electrons. The molecule has 1 amide bonds. The smallest absolute Gasteiger partial charge is 0.229 e. The van der Waals surface area contributed by atoms with Gasteiger partial charge < -0.3 is 10.6 Å². The minimum absolute atomic E-state index is 0.217. The van der Waals surface area contributed by atoms with E-state index in [4.69, 9.17) is 5.73 Å². The van der Waals surface area contributed by atoms with Gasteiger partial charge in [-0.3, -0.25) is 4.79 Å². The fourth-order valence-electron chi connectivity index (χ4n) is 2.21. The Morgan fingerprint density at radius 1 is 1.31 bits per heavy atom. The molecule has 1 aliphatic carbocycles. The minimum atomic E-state index is -0.234. The summed E-state index contributed by atoms with van der Waals surface area (Å²) >= 11 is 0. The summed E-state index contributed by atoms with van der Waals surface area (Å²) in [6, 6.07) is 0. The molecule has 1 aliphatic rings. The van der Waals surface area contributed by atoms with E-state index in [0.717, 1.165) is 25.7 Å². The van der Waals surface area contributed by atoms with Gasteiger partial charge in [0.25, 0.3) is 0 Å². The molecule has 13 heavy (non-hydrogen) atoms. The second-order valence-electron chi connectivity index (χ2n) is 4.24. The van der Waals surface area contributed by atoms with E-state index in [1.54, 1.807) is 4.90 Å². The highest BCUT2D eigenvalue weighted by molar-refractivity contribution is 5.82. The molecule has 0 aromatic heterocycles. The molecule has 3 nitrogen and oxygen atoms in total. The maximum absolute atomic E-state index is 11.9. The fraction of sp³-hybridized carbons (Fsp3) is 0.900. The van der Waals surface area contributed by atoms with Gasteiger partial charge in [-0.1, -0.05) is 19.3 Å². The number of carbonyl (C=O) groups excluding carboxylic acids is 1. The molecule has 1 rings (SSSR count). The molecule has 0 unspecified atom stereocenters. The van der Waals surface area contributed by atoms with Crippen LogP contribution in [0.2, 0.25) is 0 Å². The van der Waals surface area contributed by atoms with Crippen LogP contribution in [0.25, 0.3) is 0 Å². The van der Waals surface area contributed by atoms with Crippen molar-refractivity contribution in [3.63, 3.8) is 0 Å². The largest absolute Gasteiger partial charge is 0.348 e. The summed E-state index contributed by atoms with van der Waals surface area (Å²) in [6.07, 6.45) is 5.50. The molecule has 2 N–H and O–H groups in total. The Morgan fingerprint density at radius 3 is 2.23 bits per heavy atom. The number of hydrogen-bond acceptors (Lipinski definition) is 2. The van der Waals surface area contributed by atoms with Gasteiger partial charge in [-0.25, -0.2) is 0 Å². The van der Waals surface area contributed by atoms with Crippen molar-refractivity contribution in [2.45, 2.75) is 32.1 Å². The highest BCUT2D eigenvalue weighted by atomic mass is 16.2. The summed E-state index contributed by atoms with van der Waals surface area (Å²) in [5.41, 5.74) is 5.50. The van der Waals surface area contributed by atoms with Gasteiger partial charge >= 0.3 is 0 Å². The first-order valence-corrected chi connectivity index (χ1v) is 5.04. The van der Waals surface area contributed by atoms with E-state index in [1.165, 1.54) is 6.42 Å². The lowest BCUT2D eigenvalue weighted by molar-refractivity contribution is -0.140. The topological polar surface area (TPSA) is 46.3 Å². The molecule has 0 spiro atoms. The van der Waals surface area contributed by atoms with Crippen LogP contribution >= 0.6 is 0 Å². The van der Waals surface area contributed by atoms with E-state index < -0.39 is 0 Å². The Kier molecular flexibility index (Phi) is 3.31. The number of hydrogen-bond donors (Lipinski definition) is 1.